The highest BCUT2D eigenvalue weighted by molar-refractivity contribution is 5.95. The number of methoxy groups -OCH3 is 1. The Morgan fingerprint density at radius 3 is 2.52 bits per heavy atom. The average molecular weight is 371 g/mol. The largest absolute Gasteiger partial charge is 0.493 e. The molecular formula is C22H29NO4. The highest BCUT2D eigenvalue weighted by Crippen LogP contribution is 2.40. The van der Waals surface area contributed by atoms with Crippen molar-refractivity contribution in [3.05, 3.63) is 28.6 Å². The van der Waals surface area contributed by atoms with Crippen LogP contribution >= 0.6 is 0 Å². The van der Waals surface area contributed by atoms with E-state index < -0.39 is 0 Å². The van der Waals surface area contributed by atoms with Crippen LogP contribution in [0.25, 0.3) is 11.0 Å². The van der Waals surface area contributed by atoms with E-state index in [4.69, 9.17) is 13.9 Å². The maximum Gasteiger partial charge on any atom is 0.338 e. The van der Waals surface area contributed by atoms with Crippen LogP contribution in [0.5, 0.6) is 11.5 Å². The first-order valence-electron chi connectivity index (χ1n) is 10.2. The van der Waals surface area contributed by atoms with E-state index in [0.717, 1.165) is 42.7 Å². The van der Waals surface area contributed by atoms with Crippen LogP contribution in [0.4, 0.5) is 5.69 Å². The van der Waals surface area contributed by atoms with Gasteiger partial charge in [0, 0.05) is 17.5 Å². The van der Waals surface area contributed by atoms with E-state index in [9.17, 15) is 4.79 Å². The van der Waals surface area contributed by atoms with Gasteiger partial charge in [0.1, 0.15) is 0 Å². The molecule has 0 atom stereocenters. The fourth-order valence-electron chi connectivity index (χ4n) is 4.37. The zero-order chi connectivity index (χ0) is 18.8. The maximum absolute atomic E-state index is 12.3. The van der Waals surface area contributed by atoms with Gasteiger partial charge in [-0.3, -0.25) is 0 Å². The molecule has 5 nitrogen and oxygen atoms in total. The second kappa shape index (κ2) is 7.83. The van der Waals surface area contributed by atoms with Crippen molar-refractivity contribution in [2.75, 3.05) is 12.4 Å². The summed E-state index contributed by atoms with van der Waals surface area (Å²) in [4.78, 5) is 12.3. The molecule has 2 aliphatic rings. The van der Waals surface area contributed by atoms with Crippen LogP contribution in [0.2, 0.25) is 0 Å². The number of rotatable bonds is 5. The smallest absolute Gasteiger partial charge is 0.338 e. The third-order valence-corrected chi connectivity index (χ3v) is 6.01. The minimum Gasteiger partial charge on any atom is -0.493 e. The summed E-state index contributed by atoms with van der Waals surface area (Å²) in [7, 11) is 1.62. The number of nitrogens with one attached hydrogen (secondary N) is 1. The molecule has 0 unspecified atom stereocenters. The van der Waals surface area contributed by atoms with Crippen LogP contribution in [-0.2, 0) is 0 Å². The summed E-state index contributed by atoms with van der Waals surface area (Å²) in [5.41, 5.74) is 0.957. The molecule has 146 valence electrons. The molecule has 1 N–H and O–H groups in total. The molecule has 4 rings (SSSR count). The molecule has 0 saturated heterocycles. The molecule has 1 heterocycles. The topological polar surface area (TPSA) is 60.7 Å². The Morgan fingerprint density at radius 2 is 1.81 bits per heavy atom. The molecule has 27 heavy (non-hydrogen) atoms. The van der Waals surface area contributed by atoms with E-state index in [1.54, 1.807) is 13.2 Å². The summed E-state index contributed by atoms with van der Waals surface area (Å²) in [6.45, 7) is 2.31. The lowest BCUT2D eigenvalue weighted by Crippen LogP contribution is -2.25. The van der Waals surface area contributed by atoms with Gasteiger partial charge >= 0.3 is 5.63 Å². The van der Waals surface area contributed by atoms with Gasteiger partial charge in [-0.1, -0.05) is 6.92 Å². The minimum atomic E-state index is -0.362. The summed E-state index contributed by atoms with van der Waals surface area (Å²) >= 11 is 0. The van der Waals surface area contributed by atoms with Gasteiger partial charge in [0.15, 0.2) is 11.3 Å². The predicted octanol–water partition coefficient (Wildman–Crippen LogP) is 5.11. The van der Waals surface area contributed by atoms with Crippen LogP contribution in [0.15, 0.2) is 27.4 Å². The quantitative estimate of drug-likeness (QED) is 0.740. The van der Waals surface area contributed by atoms with Crippen molar-refractivity contribution in [2.24, 2.45) is 5.92 Å². The first kappa shape index (κ1) is 18.2. The molecule has 0 radical (unpaired) electrons. The minimum absolute atomic E-state index is 0.159. The molecule has 0 aliphatic heterocycles. The standard InChI is InChI=1S/C22H29NO4/c1-14-7-9-15(10-8-14)23-18-13-20(24)27-21-17(18)11-12-19(25-2)22(21)26-16-5-3-4-6-16/h11-16,23H,3-10H2,1-2H3. The van der Waals surface area contributed by atoms with Gasteiger partial charge in [-0.25, -0.2) is 4.79 Å². The van der Waals surface area contributed by atoms with Gasteiger partial charge in [-0.05, 0) is 69.4 Å². The van der Waals surface area contributed by atoms with E-state index in [1.807, 2.05) is 12.1 Å². The predicted molar refractivity (Wildman–Crippen MR) is 107 cm³/mol. The molecule has 2 fully saturated rings. The van der Waals surface area contributed by atoms with Crippen molar-refractivity contribution in [3.8, 4) is 11.5 Å². The Morgan fingerprint density at radius 1 is 1.07 bits per heavy atom. The lowest BCUT2D eigenvalue weighted by Gasteiger charge is -2.28. The van der Waals surface area contributed by atoms with E-state index >= 15 is 0 Å². The first-order chi connectivity index (χ1) is 13.1. The number of ether oxygens (including phenoxy) is 2. The second-order valence-corrected chi connectivity index (χ2v) is 8.08. The van der Waals surface area contributed by atoms with Gasteiger partial charge in [-0.15, -0.1) is 0 Å². The fourth-order valence-corrected chi connectivity index (χ4v) is 4.37. The SMILES string of the molecule is COc1ccc2c(NC3CCC(C)CC3)cc(=O)oc2c1OC1CCCC1. The van der Waals surface area contributed by atoms with Crippen LogP contribution in [-0.4, -0.2) is 19.3 Å². The zero-order valence-corrected chi connectivity index (χ0v) is 16.3. The normalized spacial score (nSPS) is 23.5. The molecule has 2 aliphatic carbocycles. The zero-order valence-electron chi connectivity index (χ0n) is 16.3. The van der Waals surface area contributed by atoms with Crippen molar-refractivity contribution >= 4 is 16.7 Å². The molecule has 2 saturated carbocycles. The summed E-state index contributed by atoms with van der Waals surface area (Å²) in [5, 5.41) is 4.46. The molecule has 0 bridgehead atoms. The number of hydrogen-bond acceptors (Lipinski definition) is 5. The monoisotopic (exact) mass is 371 g/mol. The summed E-state index contributed by atoms with van der Waals surface area (Å²) in [5.74, 6) is 1.96. The van der Waals surface area contributed by atoms with Crippen molar-refractivity contribution < 1.29 is 13.9 Å². The Hall–Kier alpha value is -2.17. The lowest BCUT2D eigenvalue weighted by molar-refractivity contribution is 0.200. The maximum atomic E-state index is 12.3. The molecule has 1 aromatic carbocycles. The molecule has 0 amide bonds. The van der Waals surface area contributed by atoms with Crippen molar-refractivity contribution in [3.63, 3.8) is 0 Å². The Bertz CT molecular complexity index is 845. The van der Waals surface area contributed by atoms with Crippen LogP contribution < -0.4 is 20.4 Å². The second-order valence-electron chi connectivity index (χ2n) is 8.08. The van der Waals surface area contributed by atoms with Gasteiger partial charge in [0.05, 0.1) is 18.9 Å². The van der Waals surface area contributed by atoms with Crippen molar-refractivity contribution in [1.82, 2.24) is 0 Å². The first-order valence-corrected chi connectivity index (χ1v) is 10.2. The summed E-state index contributed by atoms with van der Waals surface area (Å²) in [6.07, 6.45) is 9.27. The molecular weight excluding hydrogens is 342 g/mol. The van der Waals surface area contributed by atoms with Gasteiger partial charge in [0.25, 0.3) is 0 Å². The van der Waals surface area contributed by atoms with E-state index in [0.29, 0.717) is 23.1 Å². The van der Waals surface area contributed by atoms with Gasteiger partial charge in [0.2, 0.25) is 5.75 Å². The van der Waals surface area contributed by atoms with Crippen LogP contribution in [0, 0.1) is 5.92 Å². The molecule has 0 spiro atoms. The highest BCUT2D eigenvalue weighted by Gasteiger charge is 2.24. The lowest BCUT2D eigenvalue weighted by atomic mass is 9.87. The van der Waals surface area contributed by atoms with E-state index in [-0.39, 0.29) is 11.7 Å². The average Bonchev–Trinajstić information content (AvgIpc) is 3.17. The summed E-state index contributed by atoms with van der Waals surface area (Å²) < 4.78 is 17.3. The Labute approximate surface area is 160 Å². The van der Waals surface area contributed by atoms with Crippen molar-refractivity contribution in [2.45, 2.75) is 70.4 Å². The van der Waals surface area contributed by atoms with E-state index in [1.165, 1.54) is 25.7 Å². The number of hydrogen-bond donors (Lipinski definition) is 1. The van der Waals surface area contributed by atoms with Crippen LogP contribution in [0.3, 0.4) is 0 Å². The highest BCUT2D eigenvalue weighted by atomic mass is 16.5. The fraction of sp³-hybridized carbons (Fsp3) is 0.591. The third kappa shape index (κ3) is 3.92. The Balaban J connectivity index is 1.71. The van der Waals surface area contributed by atoms with Gasteiger partial charge in [-0.2, -0.15) is 0 Å². The Kier molecular flexibility index (Phi) is 5.28. The molecule has 2 aromatic rings. The molecule has 1 aromatic heterocycles. The number of fused-ring (bicyclic) bond motifs is 1. The van der Waals surface area contributed by atoms with Crippen LogP contribution in [0.1, 0.15) is 58.3 Å². The number of benzene rings is 1. The third-order valence-electron chi connectivity index (χ3n) is 6.01. The molecule has 5 heteroatoms. The van der Waals surface area contributed by atoms with E-state index in [2.05, 4.69) is 12.2 Å². The number of anilines is 1. The van der Waals surface area contributed by atoms with Gasteiger partial charge < -0.3 is 19.2 Å². The van der Waals surface area contributed by atoms with Crippen molar-refractivity contribution in [1.29, 1.82) is 0 Å². The summed E-state index contributed by atoms with van der Waals surface area (Å²) in [6, 6.07) is 5.81.